The number of carbonyl (C=O) groups is 1. The van der Waals surface area contributed by atoms with Crippen LogP contribution in [0.5, 0.6) is 11.8 Å². The van der Waals surface area contributed by atoms with Crippen LogP contribution in [0.4, 0.5) is 5.82 Å². The number of halogens is 1. The summed E-state index contributed by atoms with van der Waals surface area (Å²) in [6, 6.07) is 9.34. The lowest BCUT2D eigenvalue weighted by atomic mass is 10.2. The summed E-state index contributed by atoms with van der Waals surface area (Å²) in [6.07, 6.45) is 2.46. The number of aliphatic hydroxyl groups excluding tert-OH is 2. The standard InChI is InChI=1S/C23H26ClN5O4/c1-3-27-20-19(21(31)28(23(27)32)9-4-10-30)29(14-16-5-7-17(24)8-6-16)22(26-20)33-18-11-15(2)12-25-13-18/h5-8,11-13,23,30,32H,3-4,9-10,14H2,1-2H3. The number of nitrogens with zero attached hydrogens (tertiary/aromatic N) is 5. The van der Waals surface area contributed by atoms with Gasteiger partial charge in [0.2, 0.25) is 6.35 Å². The van der Waals surface area contributed by atoms with Gasteiger partial charge in [0.05, 0.1) is 12.7 Å². The highest BCUT2D eigenvalue weighted by Gasteiger charge is 2.41. The average molecular weight is 472 g/mol. The van der Waals surface area contributed by atoms with E-state index >= 15 is 0 Å². The molecule has 0 radical (unpaired) electrons. The Morgan fingerprint density at radius 1 is 1.18 bits per heavy atom. The molecule has 1 amide bonds. The Morgan fingerprint density at radius 2 is 1.94 bits per heavy atom. The van der Waals surface area contributed by atoms with Crippen molar-refractivity contribution in [2.45, 2.75) is 33.2 Å². The number of aliphatic hydroxyl groups is 2. The number of fused-ring (bicyclic) bond motifs is 1. The maximum atomic E-state index is 13.5. The maximum absolute atomic E-state index is 13.5. The van der Waals surface area contributed by atoms with Crippen molar-refractivity contribution in [3.8, 4) is 11.8 Å². The molecular formula is C23H26ClN5O4. The van der Waals surface area contributed by atoms with E-state index in [1.807, 2.05) is 32.0 Å². The van der Waals surface area contributed by atoms with Gasteiger partial charge >= 0.3 is 6.01 Å². The number of hydrogen-bond acceptors (Lipinski definition) is 7. The van der Waals surface area contributed by atoms with Crippen molar-refractivity contribution in [2.75, 3.05) is 24.6 Å². The van der Waals surface area contributed by atoms with Crippen molar-refractivity contribution in [3.63, 3.8) is 0 Å². The van der Waals surface area contributed by atoms with Gasteiger partial charge in [0.25, 0.3) is 5.91 Å². The first kappa shape index (κ1) is 23.0. The van der Waals surface area contributed by atoms with E-state index in [1.54, 1.807) is 34.0 Å². The number of rotatable bonds is 8. The number of benzene rings is 1. The summed E-state index contributed by atoms with van der Waals surface area (Å²) < 4.78 is 7.77. The van der Waals surface area contributed by atoms with Gasteiger partial charge < -0.3 is 19.8 Å². The number of aryl methyl sites for hydroxylation is 1. The van der Waals surface area contributed by atoms with Crippen molar-refractivity contribution in [1.29, 1.82) is 0 Å². The highest BCUT2D eigenvalue weighted by molar-refractivity contribution is 6.30. The van der Waals surface area contributed by atoms with Crippen LogP contribution in [-0.2, 0) is 6.54 Å². The van der Waals surface area contributed by atoms with Gasteiger partial charge in [0.1, 0.15) is 5.75 Å². The van der Waals surface area contributed by atoms with E-state index in [2.05, 4.69) is 9.97 Å². The van der Waals surface area contributed by atoms with Gasteiger partial charge in [0, 0.05) is 30.9 Å². The van der Waals surface area contributed by atoms with Crippen molar-refractivity contribution in [2.24, 2.45) is 0 Å². The second-order valence-electron chi connectivity index (χ2n) is 7.79. The number of imidazole rings is 1. The van der Waals surface area contributed by atoms with E-state index in [4.69, 9.17) is 16.3 Å². The van der Waals surface area contributed by atoms with E-state index in [-0.39, 0.29) is 25.1 Å². The Morgan fingerprint density at radius 3 is 2.61 bits per heavy atom. The Labute approximate surface area is 196 Å². The molecule has 0 saturated carbocycles. The molecule has 33 heavy (non-hydrogen) atoms. The molecule has 0 bridgehead atoms. The number of ether oxygens (including phenoxy) is 1. The zero-order valence-electron chi connectivity index (χ0n) is 18.5. The van der Waals surface area contributed by atoms with Crippen molar-refractivity contribution >= 4 is 23.3 Å². The highest BCUT2D eigenvalue weighted by Crippen LogP contribution is 2.35. The second-order valence-corrected chi connectivity index (χ2v) is 8.22. The first-order valence-electron chi connectivity index (χ1n) is 10.7. The molecule has 0 aliphatic carbocycles. The molecule has 9 nitrogen and oxygen atoms in total. The van der Waals surface area contributed by atoms with Crippen molar-refractivity contribution in [3.05, 3.63) is 64.6 Å². The van der Waals surface area contributed by atoms with Gasteiger partial charge in [-0.05, 0) is 49.6 Å². The monoisotopic (exact) mass is 471 g/mol. The molecule has 2 aromatic heterocycles. The van der Waals surface area contributed by atoms with Gasteiger partial charge in [0.15, 0.2) is 11.5 Å². The smallest absolute Gasteiger partial charge is 0.304 e. The van der Waals surface area contributed by atoms with E-state index in [0.717, 1.165) is 11.1 Å². The maximum Gasteiger partial charge on any atom is 0.304 e. The molecule has 0 saturated heterocycles. The lowest BCUT2D eigenvalue weighted by Gasteiger charge is -2.40. The Kier molecular flexibility index (Phi) is 6.83. The van der Waals surface area contributed by atoms with Crippen LogP contribution in [0.1, 0.15) is 35.0 Å². The van der Waals surface area contributed by atoms with Crippen LogP contribution in [0, 0.1) is 6.92 Å². The molecule has 1 aliphatic rings. The van der Waals surface area contributed by atoms with E-state index in [0.29, 0.717) is 41.8 Å². The third-order valence-electron chi connectivity index (χ3n) is 5.42. The molecule has 3 aromatic rings. The topological polar surface area (TPSA) is 104 Å². The number of anilines is 1. The largest absolute Gasteiger partial charge is 0.424 e. The first-order valence-corrected chi connectivity index (χ1v) is 11.1. The van der Waals surface area contributed by atoms with Gasteiger partial charge in [-0.25, -0.2) is 0 Å². The molecule has 174 valence electrons. The molecule has 1 aromatic carbocycles. The number of carbonyl (C=O) groups excluding carboxylic acids is 1. The Bertz CT molecular complexity index is 1130. The van der Waals surface area contributed by atoms with Gasteiger partial charge in [-0.2, -0.15) is 4.98 Å². The van der Waals surface area contributed by atoms with Gasteiger partial charge in [-0.3, -0.25) is 19.2 Å². The molecule has 2 N–H and O–H groups in total. The van der Waals surface area contributed by atoms with Crippen LogP contribution in [0.15, 0.2) is 42.7 Å². The Balaban J connectivity index is 1.82. The van der Waals surface area contributed by atoms with Crippen LogP contribution in [-0.4, -0.2) is 61.6 Å². The molecule has 10 heteroatoms. The normalized spacial score (nSPS) is 15.7. The molecule has 0 spiro atoms. The number of amides is 1. The van der Waals surface area contributed by atoms with Crippen LogP contribution in [0.3, 0.4) is 0 Å². The van der Waals surface area contributed by atoms with Crippen LogP contribution in [0.2, 0.25) is 5.02 Å². The molecule has 1 atom stereocenters. The molecule has 1 unspecified atom stereocenters. The number of aromatic nitrogens is 3. The Hall–Kier alpha value is -3.14. The number of pyridine rings is 1. The minimum absolute atomic E-state index is 0.0890. The quantitative estimate of drug-likeness (QED) is 0.520. The fraction of sp³-hybridized carbons (Fsp3) is 0.348. The molecule has 1 aliphatic heterocycles. The molecule has 4 rings (SSSR count). The highest BCUT2D eigenvalue weighted by atomic mass is 35.5. The summed E-state index contributed by atoms with van der Waals surface area (Å²) in [7, 11) is 0. The summed E-state index contributed by atoms with van der Waals surface area (Å²) in [6.45, 7) is 4.62. The first-order chi connectivity index (χ1) is 15.9. The fourth-order valence-electron chi connectivity index (χ4n) is 3.81. The van der Waals surface area contributed by atoms with Crippen LogP contribution >= 0.6 is 11.6 Å². The van der Waals surface area contributed by atoms with Gasteiger partial charge in [-0.15, -0.1) is 0 Å². The zero-order chi connectivity index (χ0) is 23.5. The molecule has 3 heterocycles. The predicted molar refractivity (Wildman–Crippen MR) is 124 cm³/mol. The van der Waals surface area contributed by atoms with Crippen LogP contribution in [0.25, 0.3) is 0 Å². The van der Waals surface area contributed by atoms with E-state index in [1.165, 1.54) is 4.90 Å². The SMILES string of the molecule is CCN1c2nc(Oc3cncc(C)c3)n(Cc3ccc(Cl)cc3)c2C(=O)N(CCCO)C1O. The summed E-state index contributed by atoms with van der Waals surface area (Å²) >= 11 is 6.04. The van der Waals surface area contributed by atoms with Crippen molar-refractivity contribution < 1.29 is 19.7 Å². The third kappa shape index (κ3) is 4.66. The molecule has 0 fully saturated rings. The third-order valence-corrected chi connectivity index (χ3v) is 5.67. The fourth-order valence-corrected chi connectivity index (χ4v) is 3.93. The lowest BCUT2D eigenvalue weighted by molar-refractivity contribution is -0.00105. The minimum Gasteiger partial charge on any atom is -0.424 e. The average Bonchev–Trinajstić information content (AvgIpc) is 3.13. The zero-order valence-corrected chi connectivity index (χ0v) is 19.2. The molecular weight excluding hydrogens is 446 g/mol. The minimum atomic E-state index is -1.19. The summed E-state index contributed by atoms with van der Waals surface area (Å²) in [5.41, 5.74) is 2.13. The number of hydrogen-bond donors (Lipinski definition) is 2. The van der Waals surface area contributed by atoms with E-state index in [9.17, 15) is 15.0 Å². The predicted octanol–water partition coefficient (Wildman–Crippen LogP) is 3.02. The lowest BCUT2D eigenvalue weighted by Crippen LogP contribution is -2.56. The van der Waals surface area contributed by atoms with Gasteiger partial charge in [-0.1, -0.05) is 23.7 Å². The summed E-state index contributed by atoms with van der Waals surface area (Å²) in [5.74, 6) is 0.456. The summed E-state index contributed by atoms with van der Waals surface area (Å²) in [4.78, 5) is 25.2. The van der Waals surface area contributed by atoms with Crippen LogP contribution < -0.4 is 9.64 Å². The second kappa shape index (κ2) is 9.78. The summed E-state index contributed by atoms with van der Waals surface area (Å²) in [5, 5.41) is 20.7. The van der Waals surface area contributed by atoms with Crippen molar-refractivity contribution in [1.82, 2.24) is 19.4 Å². The van der Waals surface area contributed by atoms with E-state index < -0.39 is 6.35 Å².